The lowest BCUT2D eigenvalue weighted by Gasteiger charge is -2.48. The van der Waals surface area contributed by atoms with Gasteiger partial charge in [-0.15, -0.1) is 0 Å². The van der Waals surface area contributed by atoms with Crippen LogP contribution in [0, 0.1) is 11.8 Å². The Balaban J connectivity index is 1.64. The first kappa shape index (κ1) is 24.5. The van der Waals surface area contributed by atoms with Gasteiger partial charge in [0.1, 0.15) is 22.8 Å². The van der Waals surface area contributed by atoms with Gasteiger partial charge in [0.15, 0.2) is 11.4 Å². The van der Waals surface area contributed by atoms with E-state index < -0.39 is 58.0 Å². The molecule has 3 aliphatic carbocycles. The number of rotatable bonds is 4. The summed E-state index contributed by atoms with van der Waals surface area (Å²) in [7, 11) is 2.02. The van der Waals surface area contributed by atoms with Crippen LogP contribution in [0.2, 0.25) is 0 Å². The standard InChI is InChI=1S/C26H31N3O7/c1-3-28-20-14-9-13-8-12-7-11(15-5-4-6-29(15)2)10-16(30)17(12)21(31)18(13)23(33)26(14,36)24(34)19(22(20)32)25(27)35/h7,10,13-15,20,28,30,32-33,36H,3-6,8-9H2,1-2H3,(H2,27,35)/t13-,14-,15-,20-,26-/m0/s1. The summed E-state index contributed by atoms with van der Waals surface area (Å²) in [5.74, 6) is -6.40. The number of ketones is 2. The molecule has 0 aromatic heterocycles. The third-order valence-corrected chi connectivity index (χ3v) is 8.36. The second-order valence-corrected chi connectivity index (χ2v) is 10.3. The minimum absolute atomic E-state index is 0.0410. The molecule has 1 saturated heterocycles. The molecule has 36 heavy (non-hydrogen) atoms. The van der Waals surface area contributed by atoms with Crippen molar-refractivity contribution >= 4 is 17.5 Å². The number of likely N-dealkylation sites (N-methyl/N-ethyl adjacent to an activating group) is 1. The molecule has 1 heterocycles. The predicted octanol–water partition coefficient (Wildman–Crippen LogP) is 0.935. The molecular formula is C26H31N3O7. The van der Waals surface area contributed by atoms with Gasteiger partial charge in [-0.05, 0) is 68.9 Å². The van der Waals surface area contributed by atoms with E-state index in [-0.39, 0.29) is 29.3 Å². The molecule has 10 heteroatoms. The minimum Gasteiger partial charge on any atom is -0.510 e. The van der Waals surface area contributed by atoms with Crippen molar-refractivity contribution in [2.45, 2.75) is 50.3 Å². The van der Waals surface area contributed by atoms with Crippen molar-refractivity contribution in [2.24, 2.45) is 17.6 Å². The lowest BCUT2D eigenvalue weighted by molar-refractivity contribution is -0.146. The normalized spacial score (nSPS) is 32.4. The third-order valence-electron chi connectivity index (χ3n) is 8.36. The zero-order valence-corrected chi connectivity index (χ0v) is 20.2. The fourth-order valence-corrected chi connectivity index (χ4v) is 6.71. The molecule has 0 bridgehead atoms. The number of amides is 1. The van der Waals surface area contributed by atoms with Crippen LogP contribution in [0.5, 0.6) is 5.75 Å². The molecule has 0 radical (unpaired) electrons. The van der Waals surface area contributed by atoms with E-state index in [0.29, 0.717) is 18.5 Å². The number of carbonyl (C=O) groups excluding carboxylic acids is 3. The molecule has 1 fully saturated rings. The highest BCUT2D eigenvalue weighted by molar-refractivity contribution is 6.24. The number of phenols is 1. The molecule has 4 aliphatic rings. The van der Waals surface area contributed by atoms with Crippen LogP contribution in [-0.4, -0.2) is 74.6 Å². The predicted molar refractivity (Wildman–Crippen MR) is 128 cm³/mol. The smallest absolute Gasteiger partial charge is 0.255 e. The van der Waals surface area contributed by atoms with E-state index in [1.54, 1.807) is 13.0 Å². The van der Waals surface area contributed by atoms with Gasteiger partial charge >= 0.3 is 0 Å². The second-order valence-electron chi connectivity index (χ2n) is 10.3. The molecule has 10 nitrogen and oxygen atoms in total. The summed E-state index contributed by atoms with van der Waals surface area (Å²) in [5.41, 5.74) is 3.34. The van der Waals surface area contributed by atoms with Gasteiger partial charge in [-0.2, -0.15) is 0 Å². The highest BCUT2D eigenvalue weighted by Crippen LogP contribution is 2.51. The Labute approximate surface area is 208 Å². The van der Waals surface area contributed by atoms with Gasteiger partial charge in [-0.3, -0.25) is 19.3 Å². The molecule has 0 saturated carbocycles. The Morgan fingerprint density at radius 1 is 1.25 bits per heavy atom. The van der Waals surface area contributed by atoms with Crippen molar-refractivity contribution in [2.75, 3.05) is 20.1 Å². The van der Waals surface area contributed by atoms with Crippen LogP contribution in [0.4, 0.5) is 0 Å². The SMILES string of the molecule is CCN[C@@H]1C(O)=C(C(N)=O)C(=O)[C@@]2(O)C(O)=C3C(=O)c4c(O)cc([C@@H]5CCCN5C)cc4C[C@H]3C[C@@H]12. The van der Waals surface area contributed by atoms with Crippen molar-refractivity contribution in [3.8, 4) is 5.75 Å². The van der Waals surface area contributed by atoms with E-state index in [1.165, 1.54) is 0 Å². The van der Waals surface area contributed by atoms with Gasteiger partial charge in [0, 0.05) is 17.5 Å². The number of nitrogens with one attached hydrogen (secondary N) is 1. The topological polar surface area (TPSA) is 173 Å². The summed E-state index contributed by atoms with van der Waals surface area (Å²) in [6.45, 7) is 3.02. The van der Waals surface area contributed by atoms with Gasteiger partial charge in [-0.25, -0.2) is 0 Å². The number of aromatic hydroxyl groups is 1. The summed E-state index contributed by atoms with van der Waals surface area (Å²) in [5, 5.41) is 47.4. The summed E-state index contributed by atoms with van der Waals surface area (Å²) in [6, 6.07) is 2.58. The molecule has 5 rings (SSSR count). The molecule has 1 aliphatic heterocycles. The maximum absolute atomic E-state index is 13.6. The first-order valence-electron chi connectivity index (χ1n) is 12.3. The number of Topliss-reactive ketones (excluding diaryl/α,β-unsaturated/α-hetero) is 2. The Kier molecular flexibility index (Phi) is 5.73. The molecular weight excluding hydrogens is 466 g/mol. The number of hydrogen-bond donors (Lipinski definition) is 6. The fourth-order valence-electron chi connectivity index (χ4n) is 6.71. The van der Waals surface area contributed by atoms with Crippen molar-refractivity contribution in [3.63, 3.8) is 0 Å². The number of nitrogens with two attached hydrogens (primary N) is 1. The summed E-state index contributed by atoms with van der Waals surface area (Å²) in [4.78, 5) is 41.1. The van der Waals surface area contributed by atoms with Crippen LogP contribution in [0.3, 0.4) is 0 Å². The number of primary amides is 1. The van der Waals surface area contributed by atoms with E-state index >= 15 is 0 Å². The van der Waals surface area contributed by atoms with Gasteiger partial charge in [-0.1, -0.05) is 13.0 Å². The zero-order valence-electron chi connectivity index (χ0n) is 20.2. The third kappa shape index (κ3) is 3.24. The van der Waals surface area contributed by atoms with Crippen molar-refractivity contribution in [1.82, 2.24) is 10.2 Å². The number of hydrogen-bond acceptors (Lipinski definition) is 9. The number of nitrogens with zero attached hydrogens (tertiary/aromatic N) is 1. The Hall–Kier alpha value is -3.21. The van der Waals surface area contributed by atoms with E-state index in [1.807, 2.05) is 13.1 Å². The van der Waals surface area contributed by atoms with Crippen LogP contribution in [0.25, 0.3) is 0 Å². The molecule has 1 aromatic carbocycles. The minimum atomic E-state index is -2.62. The number of benzene rings is 1. The van der Waals surface area contributed by atoms with Gasteiger partial charge in [0.2, 0.25) is 5.78 Å². The highest BCUT2D eigenvalue weighted by Gasteiger charge is 2.62. The quantitative estimate of drug-likeness (QED) is 0.331. The van der Waals surface area contributed by atoms with E-state index in [0.717, 1.165) is 24.9 Å². The van der Waals surface area contributed by atoms with E-state index in [4.69, 9.17) is 5.73 Å². The lowest BCUT2D eigenvalue weighted by atomic mass is 9.58. The van der Waals surface area contributed by atoms with Crippen LogP contribution >= 0.6 is 0 Å². The first-order valence-corrected chi connectivity index (χ1v) is 12.3. The number of aliphatic hydroxyl groups is 3. The molecule has 1 aromatic rings. The van der Waals surface area contributed by atoms with E-state index in [2.05, 4.69) is 10.2 Å². The molecule has 0 unspecified atom stereocenters. The Bertz CT molecular complexity index is 1250. The Morgan fingerprint density at radius 3 is 2.58 bits per heavy atom. The number of phenolic OH excluding ortho intramolecular Hbond substituents is 1. The molecule has 5 atom stereocenters. The monoisotopic (exact) mass is 497 g/mol. The molecule has 1 amide bonds. The fraction of sp³-hybridized carbons (Fsp3) is 0.500. The lowest BCUT2D eigenvalue weighted by Crippen LogP contribution is -2.64. The zero-order chi connectivity index (χ0) is 26.1. The highest BCUT2D eigenvalue weighted by atomic mass is 16.3. The van der Waals surface area contributed by atoms with E-state index in [9.17, 15) is 34.8 Å². The second kappa shape index (κ2) is 8.43. The molecule has 7 N–H and O–H groups in total. The Morgan fingerprint density at radius 2 is 1.97 bits per heavy atom. The number of likely N-dealkylation sites (tertiary alicyclic amines) is 1. The maximum Gasteiger partial charge on any atom is 0.255 e. The molecule has 192 valence electrons. The number of fused-ring (bicyclic) bond motifs is 3. The van der Waals surface area contributed by atoms with Crippen molar-refractivity contribution < 1.29 is 34.8 Å². The summed E-state index contributed by atoms with van der Waals surface area (Å²) < 4.78 is 0. The number of allylic oxidation sites excluding steroid dienone is 1. The first-order chi connectivity index (χ1) is 17.0. The summed E-state index contributed by atoms with van der Waals surface area (Å²) >= 11 is 0. The van der Waals surface area contributed by atoms with Crippen LogP contribution in [-0.2, 0) is 16.0 Å². The van der Waals surface area contributed by atoms with Crippen LogP contribution in [0.15, 0.2) is 34.8 Å². The molecule has 0 spiro atoms. The maximum atomic E-state index is 13.6. The van der Waals surface area contributed by atoms with Crippen LogP contribution in [0.1, 0.15) is 53.7 Å². The van der Waals surface area contributed by atoms with Crippen molar-refractivity contribution in [1.29, 1.82) is 0 Å². The van der Waals surface area contributed by atoms with Crippen LogP contribution < -0.4 is 11.1 Å². The van der Waals surface area contributed by atoms with Gasteiger partial charge in [0.25, 0.3) is 5.91 Å². The number of carbonyl (C=O) groups is 3. The van der Waals surface area contributed by atoms with Crippen molar-refractivity contribution in [3.05, 3.63) is 51.5 Å². The largest absolute Gasteiger partial charge is 0.510 e. The average molecular weight is 498 g/mol. The van der Waals surface area contributed by atoms with Gasteiger partial charge in [0.05, 0.1) is 11.6 Å². The summed E-state index contributed by atoms with van der Waals surface area (Å²) in [6.07, 6.45) is 2.35. The number of aliphatic hydroxyl groups excluding tert-OH is 2. The average Bonchev–Trinajstić information content (AvgIpc) is 3.24. The van der Waals surface area contributed by atoms with Gasteiger partial charge < -0.3 is 31.5 Å².